The van der Waals surface area contributed by atoms with Crippen LogP contribution in [0.2, 0.25) is 0 Å². The highest BCUT2D eigenvalue weighted by atomic mass is 16.5. The monoisotopic (exact) mass is 233 g/mol. The first-order valence-corrected chi connectivity index (χ1v) is 6.47. The van der Waals surface area contributed by atoms with Crippen molar-refractivity contribution >= 4 is 11.5 Å². The van der Waals surface area contributed by atoms with Gasteiger partial charge >= 0.3 is 0 Å². The SMILES string of the molecule is Nc1ccc(N2CCCC2)nc1OCC1CC1. The lowest BCUT2D eigenvalue weighted by atomic mass is 10.3. The number of ether oxygens (including phenoxy) is 1. The molecule has 2 N–H and O–H groups in total. The van der Waals surface area contributed by atoms with Gasteiger partial charge in [0.2, 0.25) is 5.88 Å². The van der Waals surface area contributed by atoms with Crippen molar-refractivity contribution in [1.82, 2.24) is 4.98 Å². The minimum absolute atomic E-state index is 0.612. The number of hydrogen-bond donors (Lipinski definition) is 1. The van der Waals surface area contributed by atoms with Gasteiger partial charge in [0, 0.05) is 13.1 Å². The van der Waals surface area contributed by atoms with Gasteiger partial charge in [-0.1, -0.05) is 0 Å². The van der Waals surface area contributed by atoms with E-state index < -0.39 is 0 Å². The van der Waals surface area contributed by atoms with E-state index in [1.165, 1.54) is 25.7 Å². The average Bonchev–Trinajstić information content (AvgIpc) is 3.00. The van der Waals surface area contributed by atoms with Crippen LogP contribution in [0.4, 0.5) is 11.5 Å². The molecule has 1 saturated heterocycles. The van der Waals surface area contributed by atoms with E-state index >= 15 is 0 Å². The van der Waals surface area contributed by atoms with Crippen LogP contribution in [0, 0.1) is 5.92 Å². The Labute approximate surface area is 102 Å². The van der Waals surface area contributed by atoms with Crippen LogP contribution in [0.15, 0.2) is 12.1 Å². The standard InChI is InChI=1S/C13H19N3O/c14-11-5-6-12(16-7-1-2-8-16)15-13(11)17-9-10-3-4-10/h5-6,10H,1-4,7-9,14H2. The molecule has 92 valence electrons. The lowest BCUT2D eigenvalue weighted by Gasteiger charge is -2.17. The van der Waals surface area contributed by atoms with Gasteiger partial charge in [0.15, 0.2) is 0 Å². The van der Waals surface area contributed by atoms with E-state index in [0.717, 1.165) is 31.4 Å². The van der Waals surface area contributed by atoms with Crippen molar-refractivity contribution in [3.63, 3.8) is 0 Å². The molecule has 1 aromatic heterocycles. The fourth-order valence-electron chi connectivity index (χ4n) is 2.16. The molecule has 0 radical (unpaired) electrons. The first kappa shape index (κ1) is 10.7. The Morgan fingerprint density at radius 1 is 1.29 bits per heavy atom. The van der Waals surface area contributed by atoms with Crippen LogP contribution < -0.4 is 15.4 Å². The summed E-state index contributed by atoms with van der Waals surface area (Å²) in [6.45, 7) is 2.96. The highest BCUT2D eigenvalue weighted by Gasteiger charge is 2.23. The predicted octanol–water partition coefficient (Wildman–Crippen LogP) is 2.05. The minimum atomic E-state index is 0.612. The van der Waals surface area contributed by atoms with Crippen LogP contribution >= 0.6 is 0 Å². The van der Waals surface area contributed by atoms with Crippen LogP contribution in [0.25, 0.3) is 0 Å². The number of aromatic nitrogens is 1. The van der Waals surface area contributed by atoms with E-state index in [-0.39, 0.29) is 0 Å². The molecular weight excluding hydrogens is 214 g/mol. The quantitative estimate of drug-likeness (QED) is 0.864. The normalized spacial score (nSPS) is 19.6. The van der Waals surface area contributed by atoms with Crippen molar-refractivity contribution < 1.29 is 4.74 Å². The van der Waals surface area contributed by atoms with Gasteiger partial charge in [-0.2, -0.15) is 4.98 Å². The van der Waals surface area contributed by atoms with Crippen LogP contribution in [-0.4, -0.2) is 24.7 Å². The molecule has 0 spiro atoms. The van der Waals surface area contributed by atoms with Crippen molar-refractivity contribution in [1.29, 1.82) is 0 Å². The largest absolute Gasteiger partial charge is 0.476 e. The lowest BCUT2D eigenvalue weighted by Crippen LogP contribution is -2.19. The Morgan fingerprint density at radius 2 is 2.06 bits per heavy atom. The summed E-state index contributed by atoms with van der Waals surface area (Å²) >= 11 is 0. The van der Waals surface area contributed by atoms with Crippen LogP contribution in [-0.2, 0) is 0 Å². The molecule has 3 rings (SSSR count). The van der Waals surface area contributed by atoms with E-state index in [0.29, 0.717) is 11.6 Å². The van der Waals surface area contributed by atoms with Gasteiger partial charge in [-0.25, -0.2) is 0 Å². The summed E-state index contributed by atoms with van der Waals surface area (Å²) < 4.78 is 5.70. The smallest absolute Gasteiger partial charge is 0.239 e. The fraction of sp³-hybridized carbons (Fsp3) is 0.615. The Bertz CT molecular complexity index is 398. The van der Waals surface area contributed by atoms with Crippen LogP contribution in [0.1, 0.15) is 25.7 Å². The second-order valence-corrected chi connectivity index (χ2v) is 5.01. The van der Waals surface area contributed by atoms with Gasteiger partial charge in [-0.15, -0.1) is 0 Å². The Kier molecular flexibility index (Phi) is 2.79. The van der Waals surface area contributed by atoms with E-state index in [1.807, 2.05) is 12.1 Å². The number of nitrogens with zero attached hydrogens (tertiary/aromatic N) is 2. The molecule has 0 unspecified atom stereocenters. The number of nitrogen functional groups attached to an aromatic ring is 1. The number of rotatable bonds is 4. The highest BCUT2D eigenvalue weighted by Crippen LogP contribution is 2.31. The molecule has 17 heavy (non-hydrogen) atoms. The van der Waals surface area contributed by atoms with Crippen LogP contribution in [0.3, 0.4) is 0 Å². The summed E-state index contributed by atoms with van der Waals surface area (Å²) in [5.74, 6) is 2.34. The molecule has 1 saturated carbocycles. The molecule has 2 aliphatic rings. The molecular formula is C13H19N3O. The summed E-state index contributed by atoms with van der Waals surface area (Å²) in [4.78, 5) is 6.83. The minimum Gasteiger partial charge on any atom is -0.476 e. The van der Waals surface area contributed by atoms with Gasteiger partial charge in [-0.3, -0.25) is 0 Å². The summed E-state index contributed by atoms with van der Waals surface area (Å²) in [5.41, 5.74) is 6.54. The van der Waals surface area contributed by atoms with Gasteiger partial charge in [-0.05, 0) is 43.7 Å². The van der Waals surface area contributed by atoms with Crippen molar-refractivity contribution in [2.75, 3.05) is 30.3 Å². The molecule has 4 nitrogen and oxygen atoms in total. The topological polar surface area (TPSA) is 51.4 Å². The maximum atomic E-state index is 5.89. The second kappa shape index (κ2) is 4.43. The number of anilines is 2. The number of nitrogens with two attached hydrogens (primary N) is 1. The first-order valence-electron chi connectivity index (χ1n) is 6.47. The van der Waals surface area contributed by atoms with Crippen LogP contribution in [0.5, 0.6) is 5.88 Å². The molecule has 1 aliphatic heterocycles. The molecule has 1 aromatic rings. The van der Waals surface area contributed by atoms with E-state index in [2.05, 4.69) is 9.88 Å². The van der Waals surface area contributed by atoms with Crippen molar-refractivity contribution in [3.8, 4) is 5.88 Å². The van der Waals surface area contributed by atoms with Crippen molar-refractivity contribution in [3.05, 3.63) is 12.1 Å². The molecule has 2 heterocycles. The summed E-state index contributed by atoms with van der Waals surface area (Å²) in [6, 6.07) is 3.90. The molecule has 4 heteroatoms. The fourth-order valence-corrected chi connectivity index (χ4v) is 2.16. The molecule has 0 amide bonds. The zero-order valence-corrected chi connectivity index (χ0v) is 10.1. The predicted molar refractivity (Wildman–Crippen MR) is 68.3 cm³/mol. The van der Waals surface area contributed by atoms with Gasteiger partial charge < -0.3 is 15.4 Å². The van der Waals surface area contributed by atoms with Crippen molar-refractivity contribution in [2.45, 2.75) is 25.7 Å². The Balaban J connectivity index is 1.73. The van der Waals surface area contributed by atoms with Gasteiger partial charge in [0.05, 0.1) is 12.3 Å². The second-order valence-electron chi connectivity index (χ2n) is 5.01. The zero-order chi connectivity index (χ0) is 11.7. The maximum Gasteiger partial charge on any atom is 0.239 e. The van der Waals surface area contributed by atoms with E-state index in [9.17, 15) is 0 Å². The average molecular weight is 233 g/mol. The third-order valence-corrected chi connectivity index (χ3v) is 3.46. The van der Waals surface area contributed by atoms with E-state index in [1.54, 1.807) is 0 Å². The summed E-state index contributed by atoms with van der Waals surface area (Å²) in [6.07, 6.45) is 5.08. The summed E-state index contributed by atoms with van der Waals surface area (Å²) in [7, 11) is 0. The zero-order valence-electron chi connectivity index (χ0n) is 10.1. The maximum absolute atomic E-state index is 5.89. The van der Waals surface area contributed by atoms with Gasteiger partial charge in [0.1, 0.15) is 5.82 Å². The summed E-state index contributed by atoms with van der Waals surface area (Å²) in [5, 5.41) is 0. The lowest BCUT2D eigenvalue weighted by molar-refractivity contribution is 0.290. The third kappa shape index (κ3) is 2.46. The molecule has 2 fully saturated rings. The van der Waals surface area contributed by atoms with Gasteiger partial charge in [0.25, 0.3) is 0 Å². The number of hydrogen-bond acceptors (Lipinski definition) is 4. The Morgan fingerprint density at radius 3 is 2.76 bits per heavy atom. The first-order chi connectivity index (χ1) is 8.33. The molecule has 0 atom stereocenters. The van der Waals surface area contributed by atoms with Crippen molar-refractivity contribution in [2.24, 2.45) is 5.92 Å². The van der Waals surface area contributed by atoms with E-state index in [4.69, 9.17) is 10.5 Å². The number of pyridine rings is 1. The third-order valence-electron chi connectivity index (χ3n) is 3.46. The molecule has 0 bridgehead atoms. The molecule has 0 aromatic carbocycles. The Hall–Kier alpha value is -1.45. The highest BCUT2D eigenvalue weighted by molar-refractivity contribution is 5.54. The molecule has 1 aliphatic carbocycles.